The zero-order valence-electron chi connectivity index (χ0n) is 16.7. The summed E-state index contributed by atoms with van der Waals surface area (Å²) in [6, 6.07) is 19.7. The Morgan fingerprint density at radius 2 is 1.87 bits per heavy atom. The van der Waals surface area contributed by atoms with Crippen LogP contribution in [-0.2, 0) is 11.3 Å². The molecule has 1 amide bonds. The van der Waals surface area contributed by atoms with Crippen molar-refractivity contribution in [2.24, 2.45) is 0 Å². The van der Waals surface area contributed by atoms with Crippen molar-refractivity contribution in [1.82, 2.24) is 4.90 Å². The van der Waals surface area contributed by atoms with Gasteiger partial charge in [-0.2, -0.15) is 0 Å². The second-order valence-corrected chi connectivity index (χ2v) is 8.54. The maximum atomic E-state index is 13.5. The summed E-state index contributed by atoms with van der Waals surface area (Å²) in [5.74, 6) is -1.45. The number of para-hydroxylation sites is 1. The number of ketones is 1. The van der Waals surface area contributed by atoms with Crippen LogP contribution in [-0.4, -0.2) is 21.7 Å². The van der Waals surface area contributed by atoms with E-state index in [0.717, 1.165) is 21.4 Å². The van der Waals surface area contributed by atoms with Crippen LogP contribution in [0.2, 0.25) is 0 Å². The Bertz CT molecular complexity index is 1300. The number of nitrogens with zero attached hydrogens (tertiary/aromatic N) is 1. The van der Waals surface area contributed by atoms with Gasteiger partial charge in [0.1, 0.15) is 5.58 Å². The summed E-state index contributed by atoms with van der Waals surface area (Å²) >= 11 is 1.53. The van der Waals surface area contributed by atoms with Crippen LogP contribution in [0.15, 0.2) is 87.9 Å². The number of aryl methyl sites for hydroxylation is 1. The molecule has 0 fully saturated rings. The smallest absolute Gasteiger partial charge is 0.290 e. The van der Waals surface area contributed by atoms with E-state index in [0.29, 0.717) is 12.1 Å². The highest BCUT2D eigenvalue weighted by molar-refractivity contribution is 7.09. The summed E-state index contributed by atoms with van der Waals surface area (Å²) in [5.41, 5.74) is 2.37. The van der Waals surface area contributed by atoms with Crippen LogP contribution >= 0.6 is 11.3 Å². The molecule has 1 unspecified atom stereocenters. The first-order valence-corrected chi connectivity index (χ1v) is 10.8. The topological polar surface area (TPSA) is 70.7 Å². The maximum Gasteiger partial charge on any atom is 0.290 e. The number of carbonyl (C=O) groups is 2. The van der Waals surface area contributed by atoms with E-state index in [-0.39, 0.29) is 11.3 Å². The van der Waals surface area contributed by atoms with E-state index in [1.807, 2.05) is 66.9 Å². The molecule has 1 N–H and O–H groups in total. The van der Waals surface area contributed by atoms with Gasteiger partial charge in [0.15, 0.2) is 11.5 Å². The zero-order chi connectivity index (χ0) is 21.5. The minimum absolute atomic E-state index is 0.0508. The Kier molecular flexibility index (Phi) is 4.71. The van der Waals surface area contributed by atoms with Gasteiger partial charge in [0, 0.05) is 10.3 Å². The fourth-order valence-corrected chi connectivity index (χ4v) is 4.77. The second kappa shape index (κ2) is 7.56. The van der Waals surface area contributed by atoms with Gasteiger partial charge < -0.3 is 14.4 Å². The van der Waals surface area contributed by atoms with E-state index in [9.17, 15) is 14.7 Å². The predicted molar refractivity (Wildman–Crippen MR) is 119 cm³/mol. The molecule has 31 heavy (non-hydrogen) atoms. The predicted octanol–water partition coefficient (Wildman–Crippen LogP) is 5.58. The molecule has 5 rings (SSSR count). The number of furan rings is 1. The van der Waals surface area contributed by atoms with Gasteiger partial charge in [-0.1, -0.05) is 48.5 Å². The fraction of sp³-hybridized carbons (Fsp3) is 0.120. The highest BCUT2D eigenvalue weighted by Crippen LogP contribution is 2.41. The van der Waals surface area contributed by atoms with Crippen LogP contribution < -0.4 is 0 Å². The van der Waals surface area contributed by atoms with Crippen LogP contribution in [0.3, 0.4) is 0 Å². The molecular weight excluding hydrogens is 410 g/mol. The summed E-state index contributed by atoms with van der Waals surface area (Å²) in [7, 11) is 0. The van der Waals surface area contributed by atoms with Crippen molar-refractivity contribution in [3.63, 3.8) is 0 Å². The summed E-state index contributed by atoms with van der Waals surface area (Å²) in [5, 5.41) is 13.5. The molecule has 3 heterocycles. The molecule has 2 aromatic heterocycles. The van der Waals surface area contributed by atoms with Crippen molar-refractivity contribution < 1.29 is 19.1 Å². The van der Waals surface area contributed by atoms with Crippen LogP contribution in [0.25, 0.3) is 11.0 Å². The van der Waals surface area contributed by atoms with E-state index < -0.39 is 23.5 Å². The van der Waals surface area contributed by atoms with Crippen molar-refractivity contribution >= 4 is 34.0 Å². The molecule has 1 atom stereocenters. The van der Waals surface area contributed by atoms with Gasteiger partial charge in [-0.15, -0.1) is 11.3 Å². The van der Waals surface area contributed by atoms with E-state index in [1.165, 1.54) is 11.3 Å². The number of rotatable bonds is 5. The molecule has 1 aliphatic rings. The van der Waals surface area contributed by atoms with Crippen LogP contribution in [0.4, 0.5) is 0 Å². The summed E-state index contributed by atoms with van der Waals surface area (Å²) in [6.07, 6.45) is 0. The zero-order valence-corrected chi connectivity index (χ0v) is 17.6. The van der Waals surface area contributed by atoms with Crippen molar-refractivity contribution in [2.75, 3.05) is 0 Å². The molecule has 0 saturated heterocycles. The summed E-state index contributed by atoms with van der Waals surface area (Å²) in [4.78, 5) is 29.1. The van der Waals surface area contributed by atoms with Crippen molar-refractivity contribution in [2.45, 2.75) is 19.5 Å². The SMILES string of the molecule is Cc1ccccc1C1C(C(=O)c2cc3ccccc3o2)=C(O)C(=O)N1Cc1cccs1. The number of thiophene rings is 1. The van der Waals surface area contributed by atoms with Gasteiger partial charge in [0.25, 0.3) is 5.91 Å². The third-order valence-corrected chi connectivity index (χ3v) is 6.45. The lowest BCUT2D eigenvalue weighted by Gasteiger charge is -2.27. The Balaban J connectivity index is 1.63. The Labute approximate surface area is 182 Å². The first kappa shape index (κ1) is 19.3. The molecule has 154 valence electrons. The average Bonchev–Trinajstić information content (AvgIpc) is 3.49. The van der Waals surface area contributed by atoms with Crippen molar-refractivity contribution in [3.8, 4) is 0 Å². The third kappa shape index (κ3) is 3.25. The number of hydrogen-bond acceptors (Lipinski definition) is 5. The maximum absolute atomic E-state index is 13.5. The molecule has 6 heteroatoms. The van der Waals surface area contributed by atoms with Gasteiger partial charge in [0.2, 0.25) is 5.78 Å². The second-order valence-electron chi connectivity index (χ2n) is 7.51. The van der Waals surface area contributed by atoms with Gasteiger partial charge in [-0.05, 0) is 41.6 Å². The lowest BCUT2D eigenvalue weighted by atomic mass is 9.92. The highest BCUT2D eigenvalue weighted by atomic mass is 32.1. The van der Waals surface area contributed by atoms with Crippen LogP contribution in [0.5, 0.6) is 0 Å². The molecule has 0 bridgehead atoms. The van der Waals surface area contributed by atoms with E-state index in [4.69, 9.17) is 4.42 Å². The first-order chi connectivity index (χ1) is 15.0. The van der Waals surface area contributed by atoms with Crippen molar-refractivity contribution in [3.05, 3.63) is 105 Å². The molecule has 4 aromatic rings. The molecule has 0 aliphatic carbocycles. The Hall–Kier alpha value is -3.64. The number of hydrogen-bond donors (Lipinski definition) is 1. The largest absolute Gasteiger partial charge is 0.503 e. The van der Waals surface area contributed by atoms with E-state index in [2.05, 4.69) is 0 Å². The molecule has 1 aliphatic heterocycles. The van der Waals surface area contributed by atoms with Gasteiger partial charge >= 0.3 is 0 Å². The Morgan fingerprint density at radius 1 is 1.10 bits per heavy atom. The van der Waals surface area contributed by atoms with E-state index >= 15 is 0 Å². The van der Waals surface area contributed by atoms with Crippen molar-refractivity contribution in [1.29, 1.82) is 0 Å². The monoisotopic (exact) mass is 429 g/mol. The number of fused-ring (bicyclic) bond motifs is 1. The van der Waals surface area contributed by atoms with E-state index in [1.54, 1.807) is 17.0 Å². The number of carbonyl (C=O) groups excluding carboxylic acids is 2. The standard InChI is InChI=1S/C25H19NO4S/c1-15-7-2-4-10-18(15)22-21(23(27)20-13-16-8-3-5-11-19(16)30-20)24(28)25(29)26(22)14-17-9-6-12-31-17/h2-13,22,28H,14H2,1H3. The van der Waals surface area contributed by atoms with Crippen LogP contribution in [0, 0.1) is 6.92 Å². The quantitative estimate of drug-likeness (QED) is 0.420. The fourth-order valence-electron chi connectivity index (χ4n) is 4.06. The number of amides is 1. The lowest BCUT2D eigenvalue weighted by molar-refractivity contribution is -0.130. The number of benzene rings is 2. The minimum Gasteiger partial charge on any atom is -0.503 e. The molecular formula is C25H19NO4S. The molecule has 0 spiro atoms. The first-order valence-electron chi connectivity index (χ1n) is 9.90. The number of aliphatic hydroxyl groups is 1. The minimum atomic E-state index is -0.698. The number of aliphatic hydroxyl groups excluding tert-OH is 1. The lowest BCUT2D eigenvalue weighted by Crippen LogP contribution is -2.30. The van der Waals surface area contributed by atoms with Crippen LogP contribution in [0.1, 0.15) is 32.6 Å². The van der Waals surface area contributed by atoms with Gasteiger partial charge in [-0.25, -0.2) is 0 Å². The summed E-state index contributed by atoms with van der Waals surface area (Å²) < 4.78 is 5.76. The van der Waals surface area contributed by atoms with Gasteiger partial charge in [0.05, 0.1) is 18.2 Å². The van der Waals surface area contributed by atoms with Gasteiger partial charge in [-0.3, -0.25) is 9.59 Å². The molecule has 5 nitrogen and oxygen atoms in total. The molecule has 0 radical (unpaired) electrons. The highest BCUT2D eigenvalue weighted by Gasteiger charge is 2.45. The molecule has 2 aromatic carbocycles. The normalized spacial score (nSPS) is 16.5. The Morgan fingerprint density at radius 3 is 2.61 bits per heavy atom. The average molecular weight is 429 g/mol. The number of Topliss-reactive ketones (excluding diaryl/α,β-unsaturated/α-hetero) is 1. The summed E-state index contributed by atoms with van der Waals surface area (Å²) in [6.45, 7) is 2.23. The molecule has 0 saturated carbocycles. The third-order valence-electron chi connectivity index (χ3n) is 5.59.